The van der Waals surface area contributed by atoms with Gasteiger partial charge in [-0.25, -0.2) is 4.98 Å². The summed E-state index contributed by atoms with van der Waals surface area (Å²) in [6.45, 7) is 4.28. The summed E-state index contributed by atoms with van der Waals surface area (Å²) in [6, 6.07) is 31.2. The molecule has 0 unspecified atom stereocenters. The zero-order valence-corrected chi connectivity index (χ0v) is 28.6. The molecule has 258 valence electrons. The Kier molecular flexibility index (Phi) is 13.3. The fraction of sp³-hybridized carbons (Fsp3) is 0.220. The molecule has 9 heteroatoms. The summed E-state index contributed by atoms with van der Waals surface area (Å²) in [7, 11) is 3.26. The molecule has 6 aromatic rings. The van der Waals surface area contributed by atoms with Crippen LogP contribution in [0.4, 0.5) is 0 Å². The molecule has 50 heavy (non-hydrogen) atoms. The van der Waals surface area contributed by atoms with Gasteiger partial charge in [0.25, 0.3) is 0 Å². The molecule has 4 aromatic carbocycles. The molecule has 8 nitrogen and oxygen atoms in total. The average molecular weight is 693 g/mol. The van der Waals surface area contributed by atoms with Crippen LogP contribution in [0, 0.1) is 0 Å². The number of ether oxygens (including phenoxy) is 4. The van der Waals surface area contributed by atoms with Gasteiger partial charge in [-0.2, -0.15) is 0 Å². The highest BCUT2D eigenvalue weighted by atomic mass is 35.5. The number of hydrogen-bond acceptors (Lipinski definition) is 8. The van der Waals surface area contributed by atoms with E-state index in [-0.39, 0.29) is 32.2 Å². The standard InChI is InChI=1S/C20H18ClNO3.C20H19NO3.CH4/c1-3-25-18(23)12-16-19(13-7-5-4-6-8-13)15-11-14(24-2)9-10-17(15)22-20(16)21;1-3-24-19(22)11-15-13-21-18-10-9-16(23-2)12-17(18)20(15)14-7-5-4-6-8-14;/h4-11H,3,12H2,1-2H3;4-10,12-13H,3,11H2,1-2H3;1H4. The highest BCUT2D eigenvalue weighted by molar-refractivity contribution is 6.31. The zero-order valence-electron chi connectivity index (χ0n) is 27.9. The minimum atomic E-state index is -0.328. The van der Waals surface area contributed by atoms with E-state index in [0.717, 1.165) is 61.1 Å². The van der Waals surface area contributed by atoms with Crippen LogP contribution in [0.15, 0.2) is 103 Å². The van der Waals surface area contributed by atoms with Gasteiger partial charge in [0.2, 0.25) is 0 Å². The van der Waals surface area contributed by atoms with Crippen molar-refractivity contribution in [2.24, 2.45) is 0 Å². The lowest BCUT2D eigenvalue weighted by atomic mass is 9.94. The number of rotatable bonds is 10. The second-order valence-corrected chi connectivity index (χ2v) is 11.2. The molecule has 2 aromatic heterocycles. The fourth-order valence-corrected chi connectivity index (χ4v) is 5.87. The fourth-order valence-electron chi connectivity index (χ4n) is 5.62. The first kappa shape index (κ1) is 37.4. The number of pyridine rings is 2. The topological polar surface area (TPSA) is 96.8 Å². The Morgan fingerprint density at radius 2 is 1.16 bits per heavy atom. The smallest absolute Gasteiger partial charge is 0.310 e. The summed E-state index contributed by atoms with van der Waals surface area (Å²) >= 11 is 6.43. The first-order chi connectivity index (χ1) is 23.9. The van der Waals surface area contributed by atoms with E-state index in [4.69, 9.17) is 30.5 Å². The molecule has 0 atom stereocenters. The summed E-state index contributed by atoms with van der Waals surface area (Å²) in [5.74, 6) is 0.898. The minimum absolute atomic E-state index is 0. The SMILES string of the molecule is C.CCOC(=O)Cc1c(Cl)nc2ccc(OC)cc2c1-c1ccccc1.CCOC(=O)Cc1cnc2ccc(OC)cc2c1-c1ccccc1. The third kappa shape index (κ3) is 8.76. The first-order valence-corrected chi connectivity index (χ1v) is 16.3. The summed E-state index contributed by atoms with van der Waals surface area (Å²) in [6.07, 6.45) is 2.02. The number of carbonyl (C=O) groups excluding carboxylic acids is 2. The van der Waals surface area contributed by atoms with Gasteiger partial charge in [-0.05, 0) is 78.1 Å². The first-order valence-electron chi connectivity index (χ1n) is 15.9. The number of halogens is 1. The van der Waals surface area contributed by atoms with Crippen molar-refractivity contribution in [1.29, 1.82) is 0 Å². The van der Waals surface area contributed by atoms with Crippen molar-refractivity contribution in [3.8, 4) is 33.8 Å². The molecule has 0 amide bonds. The summed E-state index contributed by atoms with van der Waals surface area (Å²) in [5, 5.41) is 2.15. The van der Waals surface area contributed by atoms with Gasteiger partial charge >= 0.3 is 11.9 Å². The molecular formula is C41H41ClN2O6. The molecule has 0 N–H and O–H groups in total. The van der Waals surface area contributed by atoms with Crippen molar-refractivity contribution in [1.82, 2.24) is 9.97 Å². The van der Waals surface area contributed by atoms with Crippen molar-refractivity contribution in [3.63, 3.8) is 0 Å². The lowest BCUT2D eigenvalue weighted by molar-refractivity contribution is -0.143. The van der Waals surface area contributed by atoms with Crippen LogP contribution in [-0.4, -0.2) is 49.3 Å². The molecule has 0 aliphatic rings. The largest absolute Gasteiger partial charge is 0.497 e. The summed E-state index contributed by atoms with van der Waals surface area (Å²) in [4.78, 5) is 33.0. The monoisotopic (exact) mass is 692 g/mol. The van der Waals surface area contributed by atoms with Crippen LogP contribution in [-0.2, 0) is 31.9 Å². The Hall–Kier alpha value is -5.47. The molecule has 0 aliphatic heterocycles. The van der Waals surface area contributed by atoms with Gasteiger partial charge < -0.3 is 18.9 Å². The van der Waals surface area contributed by atoms with Crippen LogP contribution in [0.3, 0.4) is 0 Å². The Labute approximate surface area is 298 Å². The quantitative estimate of drug-likeness (QED) is 0.104. The molecule has 0 spiro atoms. The Morgan fingerprint density at radius 3 is 1.70 bits per heavy atom. The number of carbonyl (C=O) groups is 2. The maximum Gasteiger partial charge on any atom is 0.310 e. The third-order valence-corrected chi connectivity index (χ3v) is 8.10. The molecule has 0 saturated heterocycles. The minimum Gasteiger partial charge on any atom is -0.497 e. The van der Waals surface area contributed by atoms with Crippen LogP contribution in [0.25, 0.3) is 44.1 Å². The highest BCUT2D eigenvalue weighted by Crippen LogP contribution is 2.37. The van der Waals surface area contributed by atoms with Crippen molar-refractivity contribution < 1.29 is 28.5 Å². The zero-order chi connectivity index (χ0) is 34.8. The molecule has 0 fully saturated rings. The predicted molar refractivity (Wildman–Crippen MR) is 200 cm³/mol. The maximum atomic E-state index is 12.1. The maximum absolute atomic E-state index is 12.1. The van der Waals surface area contributed by atoms with Crippen LogP contribution >= 0.6 is 11.6 Å². The van der Waals surface area contributed by atoms with E-state index in [1.807, 2.05) is 97.1 Å². The lowest BCUT2D eigenvalue weighted by Crippen LogP contribution is -2.10. The van der Waals surface area contributed by atoms with Crippen molar-refractivity contribution in [2.45, 2.75) is 34.1 Å². The summed E-state index contributed by atoms with van der Waals surface area (Å²) < 4.78 is 20.9. The number of methoxy groups -OCH3 is 2. The van der Waals surface area contributed by atoms with Crippen LogP contribution < -0.4 is 9.47 Å². The number of hydrogen-bond donors (Lipinski definition) is 0. The van der Waals surface area contributed by atoms with Crippen molar-refractivity contribution >= 4 is 45.3 Å². The second kappa shape index (κ2) is 17.8. The van der Waals surface area contributed by atoms with Crippen LogP contribution in [0.2, 0.25) is 5.15 Å². The van der Waals surface area contributed by atoms with E-state index in [1.54, 1.807) is 34.3 Å². The molecule has 2 heterocycles. The van der Waals surface area contributed by atoms with E-state index in [1.165, 1.54) is 0 Å². The lowest BCUT2D eigenvalue weighted by Gasteiger charge is -2.15. The molecule has 0 bridgehead atoms. The molecular weight excluding hydrogens is 652 g/mol. The molecule has 0 aliphatic carbocycles. The number of nitrogens with zero attached hydrogens (tertiary/aromatic N) is 2. The number of benzene rings is 4. The van der Waals surface area contributed by atoms with Crippen LogP contribution in [0.1, 0.15) is 32.4 Å². The van der Waals surface area contributed by atoms with Gasteiger partial charge in [-0.1, -0.05) is 79.7 Å². The highest BCUT2D eigenvalue weighted by Gasteiger charge is 2.20. The third-order valence-electron chi connectivity index (χ3n) is 7.79. The normalized spacial score (nSPS) is 10.4. The Bertz CT molecular complexity index is 2070. The van der Waals surface area contributed by atoms with Gasteiger partial charge in [0.05, 0.1) is 51.3 Å². The van der Waals surface area contributed by atoms with Crippen LogP contribution in [0.5, 0.6) is 11.5 Å². The second-order valence-electron chi connectivity index (χ2n) is 10.9. The number of aromatic nitrogens is 2. The van der Waals surface area contributed by atoms with Gasteiger partial charge in [-0.15, -0.1) is 0 Å². The molecule has 0 saturated carbocycles. The van der Waals surface area contributed by atoms with E-state index >= 15 is 0 Å². The Morgan fingerprint density at radius 1 is 0.660 bits per heavy atom. The number of esters is 2. The Balaban J connectivity index is 0.000000220. The van der Waals surface area contributed by atoms with Gasteiger partial charge in [0, 0.05) is 22.5 Å². The van der Waals surface area contributed by atoms with E-state index in [9.17, 15) is 9.59 Å². The van der Waals surface area contributed by atoms with Gasteiger partial charge in [0.15, 0.2) is 0 Å². The van der Waals surface area contributed by atoms with Crippen molar-refractivity contribution in [2.75, 3.05) is 27.4 Å². The van der Waals surface area contributed by atoms with E-state index in [2.05, 4.69) is 9.97 Å². The van der Waals surface area contributed by atoms with Crippen molar-refractivity contribution in [3.05, 3.63) is 120 Å². The van der Waals surface area contributed by atoms with E-state index < -0.39 is 0 Å². The van der Waals surface area contributed by atoms with Gasteiger partial charge in [0.1, 0.15) is 16.7 Å². The summed E-state index contributed by atoms with van der Waals surface area (Å²) in [5.41, 5.74) is 6.99. The molecule has 6 rings (SSSR count). The number of fused-ring (bicyclic) bond motifs is 2. The molecule has 0 radical (unpaired) electrons. The average Bonchev–Trinajstić information content (AvgIpc) is 3.12. The van der Waals surface area contributed by atoms with E-state index in [0.29, 0.717) is 23.9 Å². The predicted octanol–water partition coefficient (Wildman–Crippen LogP) is 9.32. The van der Waals surface area contributed by atoms with Gasteiger partial charge in [-0.3, -0.25) is 14.6 Å².